The molecule has 0 aliphatic heterocycles. The lowest BCUT2D eigenvalue weighted by atomic mass is 9.88. The maximum atomic E-state index is 6.31. The van der Waals surface area contributed by atoms with Crippen molar-refractivity contribution in [3.63, 3.8) is 0 Å². The standard InChI is InChI=1S/C32H37N2O/c1-20(2)24-17-23(29-19-22-13-9-12-16-28(22)35-29)18-25(21(3)4)30(24)34-27-15-11-10-14-26(27)33(8)31(34)32(5,6)7/h9-21H,1-8H3/q+1. The van der Waals surface area contributed by atoms with Crippen molar-refractivity contribution >= 4 is 22.0 Å². The van der Waals surface area contributed by atoms with Gasteiger partial charge in [0.15, 0.2) is 11.0 Å². The molecule has 3 heteroatoms. The Morgan fingerprint density at radius 1 is 0.800 bits per heavy atom. The van der Waals surface area contributed by atoms with Gasteiger partial charge in [0.05, 0.1) is 12.5 Å². The topological polar surface area (TPSA) is 21.9 Å². The van der Waals surface area contributed by atoms with Gasteiger partial charge in [0.2, 0.25) is 0 Å². The van der Waals surface area contributed by atoms with Crippen molar-refractivity contribution in [3.05, 3.63) is 83.7 Å². The summed E-state index contributed by atoms with van der Waals surface area (Å²) in [5.41, 5.74) is 8.56. The quantitative estimate of drug-likeness (QED) is 0.244. The van der Waals surface area contributed by atoms with Crippen LogP contribution in [-0.4, -0.2) is 4.57 Å². The molecule has 35 heavy (non-hydrogen) atoms. The van der Waals surface area contributed by atoms with E-state index in [-0.39, 0.29) is 5.41 Å². The first kappa shape index (κ1) is 23.4. The Balaban J connectivity index is 1.88. The van der Waals surface area contributed by atoms with Gasteiger partial charge in [0.25, 0.3) is 5.82 Å². The third kappa shape index (κ3) is 3.87. The summed E-state index contributed by atoms with van der Waals surface area (Å²) in [4.78, 5) is 0. The molecule has 0 unspecified atom stereocenters. The Morgan fingerprint density at radius 2 is 1.40 bits per heavy atom. The molecule has 2 aromatic heterocycles. The van der Waals surface area contributed by atoms with Gasteiger partial charge in [-0.1, -0.05) is 58.0 Å². The monoisotopic (exact) mass is 465 g/mol. The van der Waals surface area contributed by atoms with Crippen LogP contribution in [0, 0.1) is 0 Å². The van der Waals surface area contributed by atoms with Crippen LogP contribution in [0.3, 0.4) is 0 Å². The third-order valence-electron chi connectivity index (χ3n) is 7.03. The fourth-order valence-corrected chi connectivity index (χ4v) is 5.46. The maximum absolute atomic E-state index is 6.31. The van der Waals surface area contributed by atoms with E-state index in [1.165, 1.54) is 33.7 Å². The number of aryl methyl sites for hydroxylation is 1. The van der Waals surface area contributed by atoms with Crippen LogP contribution in [0.5, 0.6) is 0 Å². The van der Waals surface area contributed by atoms with Gasteiger partial charge in [0.1, 0.15) is 17.0 Å². The average Bonchev–Trinajstić information content (AvgIpc) is 3.37. The molecule has 5 rings (SSSR count). The molecular weight excluding hydrogens is 428 g/mol. The molecule has 3 nitrogen and oxygen atoms in total. The van der Waals surface area contributed by atoms with E-state index in [0.717, 1.165) is 22.3 Å². The predicted molar refractivity (Wildman–Crippen MR) is 147 cm³/mol. The fourth-order valence-electron chi connectivity index (χ4n) is 5.46. The van der Waals surface area contributed by atoms with E-state index in [9.17, 15) is 0 Å². The van der Waals surface area contributed by atoms with Crippen molar-refractivity contribution in [2.75, 3.05) is 0 Å². The van der Waals surface area contributed by atoms with E-state index in [1.807, 2.05) is 12.1 Å². The van der Waals surface area contributed by atoms with Gasteiger partial charge >= 0.3 is 0 Å². The van der Waals surface area contributed by atoms with Crippen LogP contribution in [-0.2, 0) is 12.5 Å². The molecule has 0 amide bonds. The molecule has 0 fully saturated rings. The minimum atomic E-state index is -0.0341. The SMILES string of the molecule is CC(C)c1cc(-c2cc3ccccc3o2)cc(C(C)C)c1-n1c(C(C)(C)C)[n+](C)c2ccccc21. The molecule has 0 radical (unpaired) electrons. The highest BCUT2D eigenvalue weighted by molar-refractivity contribution is 5.84. The normalized spacial score (nSPS) is 12.5. The second kappa shape index (κ2) is 8.41. The molecule has 0 bridgehead atoms. The molecule has 0 aliphatic carbocycles. The van der Waals surface area contributed by atoms with Crippen LogP contribution in [0.15, 0.2) is 71.1 Å². The second-order valence-electron chi connectivity index (χ2n) is 11.4. The van der Waals surface area contributed by atoms with Gasteiger partial charge in [-0.25, -0.2) is 4.57 Å². The van der Waals surface area contributed by atoms with E-state index < -0.39 is 0 Å². The molecule has 0 saturated carbocycles. The summed E-state index contributed by atoms with van der Waals surface area (Å²) in [6, 6.07) is 23.9. The predicted octanol–water partition coefficient (Wildman–Crippen LogP) is 8.41. The van der Waals surface area contributed by atoms with Crippen LogP contribution < -0.4 is 4.57 Å². The fraction of sp³-hybridized carbons (Fsp3) is 0.344. The molecule has 0 N–H and O–H groups in total. The highest BCUT2D eigenvalue weighted by Gasteiger charge is 2.36. The molecular formula is C32H37N2O+. The first-order chi connectivity index (χ1) is 16.6. The lowest BCUT2D eigenvalue weighted by Gasteiger charge is -2.22. The largest absolute Gasteiger partial charge is 0.456 e. The summed E-state index contributed by atoms with van der Waals surface area (Å²) < 4.78 is 11.2. The number of nitrogens with zero attached hydrogens (tertiary/aromatic N) is 2. The summed E-state index contributed by atoms with van der Waals surface area (Å²) in [5, 5.41) is 1.14. The number of para-hydroxylation sites is 3. The minimum Gasteiger partial charge on any atom is -0.456 e. The number of hydrogen-bond acceptors (Lipinski definition) is 1. The van der Waals surface area contributed by atoms with Crippen LogP contribution >= 0.6 is 0 Å². The van der Waals surface area contributed by atoms with E-state index in [0.29, 0.717) is 11.8 Å². The number of benzene rings is 3. The zero-order valence-corrected chi connectivity index (χ0v) is 22.3. The third-order valence-corrected chi connectivity index (χ3v) is 7.03. The number of fused-ring (bicyclic) bond motifs is 2. The minimum absolute atomic E-state index is 0.0341. The second-order valence-corrected chi connectivity index (χ2v) is 11.4. The van der Waals surface area contributed by atoms with Gasteiger partial charge in [-0.3, -0.25) is 0 Å². The summed E-state index contributed by atoms with van der Waals surface area (Å²) in [5.74, 6) is 2.94. The first-order valence-corrected chi connectivity index (χ1v) is 12.7. The zero-order chi connectivity index (χ0) is 25.1. The van der Waals surface area contributed by atoms with Gasteiger partial charge in [-0.2, -0.15) is 4.57 Å². The Bertz CT molecular complexity index is 1480. The molecule has 0 saturated heterocycles. The van der Waals surface area contributed by atoms with Crippen LogP contribution in [0.2, 0.25) is 0 Å². The van der Waals surface area contributed by atoms with Crippen molar-refractivity contribution in [1.82, 2.24) is 4.57 Å². The molecule has 180 valence electrons. The van der Waals surface area contributed by atoms with E-state index in [1.54, 1.807) is 0 Å². The number of aromatic nitrogens is 2. The van der Waals surface area contributed by atoms with Crippen molar-refractivity contribution in [1.29, 1.82) is 0 Å². The summed E-state index contributed by atoms with van der Waals surface area (Å²) >= 11 is 0. The summed E-state index contributed by atoms with van der Waals surface area (Å²) in [7, 11) is 2.20. The lowest BCUT2D eigenvalue weighted by molar-refractivity contribution is -0.657. The first-order valence-electron chi connectivity index (χ1n) is 12.7. The van der Waals surface area contributed by atoms with Crippen molar-refractivity contribution in [2.45, 2.75) is 65.7 Å². The molecule has 0 aliphatic rings. The van der Waals surface area contributed by atoms with E-state index in [4.69, 9.17) is 4.42 Å². The highest BCUT2D eigenvalue weighted by Crippen LogP contribution is 2.40. The number of hydrogen-bond donors (Lipinski definition) is 0. The molecule has 3 aromatic carbocycles. The average molecular weight is 466 g/mol. The Labute approximate surface area is 209 Å². The van der Waals surface area contributed by atoms with Crippen LogP contribution in [0.25, 0.3) is 39.0 Å². The molecule has 0 spiro atoms. The number of imidazole rings is 1. The Hall–Kier alpha value is -3.33. The maximum Gasteiger partial charge on any atom is 0.267 e. The highest BCUT2D eigenvalue weighted by atomic mass is 16.3. The zero-order valence-electron chi connectivity index (χ0n) is 22.3. The van der Waals surface area contributed by atoms with Gasteiger partial charge in [0, 0.05) is 22.1 Å². The number of furan rings is 1. The Morgan fingerprint density at radius 3 is 2.00 bits per heavy atom. The molecule has 0 atom stereocenters. The van der Waals surface area contributed by atoms with Crippen LogP contribution in [0.4, 0.5) is 0 Å². The van der Waals surface area contributed by atoms with E-state index in [2.05, 4.69) is 119 Å². The smallest absolute Gasteiger partial charge is 0.267 e. The van der Waals surface area contributed by atoms with Gasteiger partial charge in [-0.15, -0.1) is 0 Å². The summed E-state index contributed by atoms with van der Waals surface area (Å²) in [6.07, 6.45) is 0. The van der Waals surface area contributed by atoms with Gasteiger partial charge in [-0.05, 0) is 69.0 Å². The summed E-state index contributed by atoms with van der Waals surface area (Å²) in [6.45, 7) is 16.1. The van der Waals surface area contributed by atoms with Crippen LogP contribution in [0.1, 0.15) is 77.3 Å². The van der Waals surface area contributed by atoms with Gasteiger partial charge < -0.3 is 4.42 Å². The Kier molecular flexibility index (Phi) is 5.62. The molecule has 5 aromatic rings. The lowest BCUT2D eigenvalue weighted by Crippen LogP contribution is -2.39. The van der Waals surface area contributed by atoms with E-state index >= 15 is 0 Å². The number of rotatable bonds is 4. The molecule has 2 heterocycles. The van der Waals surface area contributed by atoms with Crippen molar-refractivity contribution in [2.24, 2.45) is 7.05 Å². The van der Waals surface area contributed by atoms with Crippen molar-refractivity contribution in [3.8, 4) is 17.0 Å². The van der Waals surface area contributed by atoms with Crippen molar-refractivity contribution < 1.29 is 8.98 Å².